The van der Waals surface area contributed by atoms with Gasteiger partial charge >= 0.3 is 0 Å². The van der Waals surface area contributed by atoms with Crippen molar-refractivity contribution < 1.29 is 18.1 Å². The Bertz CT molecular complexity index is 520. The summed E-state index contributed by atoms with van der Waals surface area (Å²) in [5, 5.41) is 0. The summed E-state index contributed by atoms with van der Waals surface area (Å²) in [6.45, 7) is 4.62. The fraction of sp³-hybridized carbons (Fsp3) is 0.588. The first-order valence-corrected chi connectivity index (χ1v) is 9.18. The summed E-state index contributed by atoms with van der Waals surface area (Å²) in [6, 6.07) is 6.77. The van der Waals surface area contributed by atoms with E-state index < -0.39 is 17.2 Å². The predicted molar refractivity (Wildman–Crippen MR) is 89.6 cm³/mol. The van der Waals surface area contributed by atoms with E-state index in [1.165, 1.54) is 0 Å². The lowest BCUT2D eigenvalue weighted by Gasteiger charge is -2.22. The summed E-state index contributed by atoms with van der Waals surface area (Å²) >= 11 is 0. The Morgan fingerprint density at radius 2 is 2.22 bits per heavy atom. The van der Waals surface area contributed by atoms with Gasteiger partial charge in [0.1, 0.15) is 6.17 Å². The third-order valence-electron chi connectivity index (χ3n) is 3.86. The van der Waals surface area contributed by atoms with Gasteiger partial charge in [-0.3, -0.25) is 0 Å². The smallest absolute Gasteiger partial charge is 0.172 e. The van der Waals surface area contributed by atoms with Crippen LogP contribution in [0.5, 0.6) is 0 Å². The maximum atomic E-state index is 14.4. The largest absolute Gasteiger partial charge is 0.353 e. The molecule has 1 aliphatic rings. The first-order chi connectivity index (χ1) is 11.2. The van der Waals surface area contributed by atoms with Crippen molar-refractivity contribution in [1.29, 1.82) is 0 Å². The highest BCUT2D eigenvalue weighted by molar-refractivity contribution is 7.83. The molecule has 3 atom stereocenters. The standard InChI is InChI=1S/C17H24FNO3S/c1-19-23(20)16-10-3-2-8-14(16)15(18)9-4-6-12-21-17-11-5-7-13-22-17/h2-3,8,10,15,17H,1,4-7,9,11-13H2. The number of hydrogen-bond donors (Lipinski definition) is 0. The van der Waals surface area contributed by atoms with E-state index in [0.717, 1.165) is 32.3 Å². The summed E-state index contributed by atoms with van der Waals surface area (Å²) in [5.41, 5.74) is 0.440. The van der Waals surface area contributed by atoms with Gasteiger partial charge < -0.3 is 9.47 Å². The molecule has 23 heavy (non-hydrogen) atoms. The zero-order valence-electron chi connectivity index (χ0n) is 13.3. The zero-order valence-corrected chi connectivity index (χ0v) is 14.1. The molecule has 0 saturated carbocycles. The van der Waals surface area contributed by atoms with Gasteiger partial charge in [0.15, 0.2) is 17.3 Å². The quantitative estimate of drug-likeness (QED) is 0.501. The van der Waals surface area contributed by atoms with Gasteiger partial charge in [-0.25, -0.2) is 8.60 Å². The van der Waals surface area contributed by atoms with Gasteiger partial charge in [0, 0.05) is 25.5 Å². The molecule has 0 aliphatic carbocycles. The number of hydrogen-bond acceptors (Lipinski definition) is 3. The molecule has 2 rings (SSSR count). The van der Waals surface area contributed by atoms with Crippen molar-refractivity contribution in [3.63, 3.8) is 0 Å². The van der Waals surface area contributed by atoms with Gasteiger partial charge in [-0.1, -0.05) is 18.2 Å². The van der Waals surface area contributed by atoms with Crippen LogP contribution in [-0.4, -0.2) is 30.4 Å². The minimum Gasteiger partial charge on any atom is -0.353 e. The van der Waals surface area contributed by atoms with E-state index in [1.54, 1.807) is 24.3 Å². The lowest BCUT2D eigenvalue weighted by atomic mass is 10.1. The maximum absolute atomic E-state index is 14.4. The van der Waals surface area contributed by atoms with Gasteiger partial charge in [-0.2, -0.15) is 4.40 Å². The van der Waals surface area contributed by atoms with Crippen LogP contribution in [0.4, 0.5) is 4.39 Å². The average molecular weight is 341 g/mol. The van der Waals surface area contributed by atoms with Crippen molar-refractivity contribution in [2.75, 3.05) is 13.2 Å². The minimum atomic E-state index is -1.60. The van der Waals surface area contributed by atoms with Crippen LogP contribution in [0.3, 0.4) is 0 Å². The van der Waals surface area contributed by atoms with Crippen molar-refractivity contribution >= 4 is 17.7 Å². The van der Waals surface area contributed by atoms with Crippen molar-refractivity contribution in [2.45, 2.75) is 55.9 Å². The number of rotatable bonds is 9. The van der Waals surface area contributed by atoms with E-state index in [2.05, 4.69) is 11.1 Å². The monoisotopic (exact) mass is 341 g/mol. The summed E-state index contributed by atoms with van der Waals surface area (Å²) in [7, 11) is -1.60. The molecule has 1 aromatic carbocycles. The third kappa shape index (κ3) is 5.79. The predicted octanol–water partition coefficient (Wildman–Crippen LogP) is 4.13. The molecular weight excluding hydrogens is 317 g/mol. The molecule has 1 heterocycles. The Labute approximate surface area is 139 Å². The van der Waals surface area contributed by atoms with Gasteiger partial charge in [0.25, 0.3) is 0 Å². The lowest BCUT2D eigenvalue weighted by Crippen LogP contribution is -2.22. The molecule has 6 heteroatoms. The Morgan fingerprint density at radius 3 is 2.96 bits per heavy atom. The SMILES string of the molecule is C=NS(=O)c1ccccc1C(F)CCCCOC1CCCCO1. The lowest BCUT2D eigenvalue weighted by molar-refractivity contribution is -0.162. The molecule has 128 valence electrons. The fourth-order valence-corrected chi connectivity index (χ4v) is 3.34. The molecule has 0 spiro atoms. The second-order valence-electron chi connectivity index (χ2n) is 5.55. The number of ether oxygens (including phenoxy) is 2. The average Bonchev–Trinajstić information content (AvgIpc) is 2.61. The number of halogens is 1. The number of benzene rings is 1. The second kappa shape index (κ2) is 9.90. The van der Waals surface area contributed by atoms with Crippen LogP contribution < -0.4 is 0 Å². The van der Waals surface area contributed by atoms with Crippen LogP contribution >= 0.6 is 0 Å². The van der Waals surface area contributed by atoms with Crippen LogP contribution in [0.25, 0.3) is 0 Å². The molecule has 0 bridgehead atoms. The molecule has 0 aromatic heterocycles. The number of nitrogens with zero attached hydrogens (tertiary/aromatic N) is 1. The summed E-state index contributed by atoms with van der Waals surface area (Å²) in [6.07, 6.45) is 3.81. The van der Waals surface area contributed by atoms with E-state index >= 15 is 0 Å². The van der Waals surface area contributed by atoms with Crippen LogP contribution in [0, 0.1) is 0 Å². The highest BCUT2D eigenvalue weighted by Gasteiger charge is 2.17. The molecule has 1 aromatic rings. The van der Waals surface area contributed by atoms with Crippen LogP contribution in [0.2, 0.25) is 0 Å². The molecule has 3 unspecified atom stereocenters. The van der Waals surface area contributed by atoms with E-state index in [1.807, 2.05) is 0 Å². The van der Waals surface area contributed by atoms with E-state index in [9.17, 15) is 8.60 Å². The van der Waals surface area contributed by atoms with Crippen LogP contribution in [0.1, 0.15) is 50.3 Å². The van der Waals surface area contributed by atoms with Crippen molar-refractivity contribution in [3.05, 3.63) is 29.8 Å². The normalized spacial score (nSPS) is 20.8. The molecule has 1 saturated heterocycles. The second-order valence-corrected chi connectivity index (χ2v) is 6.74. The van der Waals surface area contributed by atoms with Crippen molar-refractivity contribution in [2.24, 2.45) is 4.40 Å². The van der Waals surface area contributed by atoms with Gasteiger partial charge in [0.05, 0.1) is 4.90 Å². The Balaban J connectivity index is 1.73. The number of alkyl halides is 1. The Hall–Kier alpha value is -1.11. The van der Waals surface area contributed by atoms with Crippen molar-refractivity contribution in [3.8, 4) is 0 Å². The van der Waals surface area contributed by atoms with E-state index in [0.29, 0.717) is 29.9 Å². The van der Waals surface area contributed by atoms with Gasteiger partial charge in [0.2, 0.25) is 0 Å². The van der Waals surface area contributed by atoms with Crippen molar-refractivity contribution in [1.82, 2.24) is 0 Å². The molecule has 4 nitrogen and oxygen atoms in total. The highest BCUT2D eigenvalue weighted by atomic mass is 32.2. The fourth-order valence-electron chi connectivity index (χ4n) is 2.61. The molecule has 0 N–H and O–H groups in total. The first kappa shape index (κ1) is 18.2. The molecule has 0 radical (unpaired) electrons. The van der Waals surface area contributed by atoms with Gasteiger partial charge in [-0.15, -0.1) is 0 Å². The summed E-state index contributed by atoms with van der Waals surface area (Å²) in [4.78, 5) is 0.404. The Kier molecular flexibility index (Phi) is 7.85. The topological polar surface area (TPSA) is 47.9 Å². The van der Waals surface area contributed by atoms with Crippen LogP contribution in [0.15, 0.2) is 33.6 Å². The molecule has 1 aliphatic heterocycles. The van der Waals surface area contributed by atoms with E-state index in [4.69, 9.17) is 9.47 Å². The maximum Gasteiger partial charge on any atom is 0.172 e. The Morgan fingerprint density at radius 1 is 1.39 bits per heavy atom. The molecule has 0 amide bonds. The highest BCUT2D eigenvalue weighted by Crippen LogP contribution is 2.28. The summed E-state index contributed by atoms with van der Waals surface area (Å²) in [5.74, 6) is 0. The first-order valence-electron chi connectivity index (χ1n) is 8.07. The number of unbranched alkanes of at least 4 members (excludes halogenated alkanes) is 1. The summed E-state index contributed by atoms with van der Waals surface area (Å²) < 4.78 is 40.8. The molecule has 1 fully saturated rings. The molecular formula is C17H24FNO3S. The third-order valence-corrected chi connectivity index (χ3v) is 4.84. The van der Waals surface area contributed by atoms with Gasteiger partial charge in [-0.05, 0) is 44.6 Å². The van der Waals surface area contributed by atoms with Crippen LogP contribution in [-0.2, 0) is 20.5 Å². The minimum absolute atomic E-state index is 0.0910. The zero-order chi connectivity index (χ0) is 16.5. The van der Waals surface area contributed by atoms with E-state index in [-0.39, 0.29) is 6.29 Å².